The Kier molecular flexibility index (Phi) is 4.35. The molecule has 0 fully saturated rings. The second-order valence-corrected chi connectivity index (χ2v) is 7.12. The molecular formula is C16H21BrN2O. The van der Waals surface area contributed by atoms with Gasteiger partial charge in [0.05, 0.1) is 11.8 Å². The fourth-order valence-electron chi connectivity index (χ4n) is 2.33. The topological polar surface area (TPSA) is 38.0 Å². The van der Waals surface area contributed by atoms with Crippen molar-refractivity contribution in [2.45, 2.75) is 38.7 Å². The minimum absolute atomic E-state index is 0.0746. The number of rotatable bonds is 3. The number of aryl methyl sites for hydroxylation is 1. The lowest BCUT2D eigenvalue weighted by Crippen LogP contribution is -2.17. The molecule has 0 amide bonds. The van der Waals surface area contributed by atoms with Crippen molar-refractivity contribution in [2.24, 2.45) is 7.05 Å². The Hall–Kier alpha value is -1.13. The van der Waals surface area contributed by atoms with E-state index in [1.54, 1.807) is 4.68 Å². The van der Waals surface area contributed by atoms with Crippen LogP contribution >= 0.6 is 15.9 Å². The highest BCUT2D eigenvalue weighted by Gasteiger charge is 2.25. The van der Waals surface area contributed by atoms with Crippen LogP contribution in [0.2, 0.25) is 0 Å². The van der Waals surface area contributed by atoms with Gasteiger partial charge in [0.15, 0.2) is 0 Å². The van der Waals surface area contributed by atoms with Crippen LogP contribution in [0.25, 0.3) is 0 Å². The largest absolute Gasteiger partial charge is 0.388 e. The first-order valence-electron chi connectivity index (χ1n) is 6.74. The maximum absolute atomic E-state index is 10.6. The maximum Gasteiger partial charge on any atom is 0.0863 e. The first-order chi connectivity index (χ1) is 9.27. The molecule has 3 nitrogen and oxygen atoms in total. The van der Waals surface area contributed by atoms with Gasteiger partial charge < -0.3 is 5.11 Å². The van der Waals surface area contributed by atoms with Crippen molar-refractivity contribution in [1.29, 1.82) is 0 Å². The number of aliphatic hydroxyl groups is 1. The predicted octanol–water partition coefficient (Wildman–Crippen LogP) is 3.76. The maximum atomic E-state index is 10.6. The molecule has 0 saturated carbocycles. The average molecular weight is 337 g/mol. The van der Waals surface area contributed by atoms with Crippen LogP contribution in [0.5, 0.6) is 0 Å². The highest BCUT2D eigenvalue weighted by atomic mass is 79.9. The fourth-order valence-corrected chi connectivity index (χ4v) is 2.78. The van der Waals surface area contributed by atoms with Crippen molar-refractivity contribution >= 4 is 15.9 Å². The summed E-state index contributed by atoms with van der Waals surface area (Å²) >= 11 is 3.46. The van der Waals surface area contributed by atoms with Crippen LogP contribution in [0, 0.1) is 0 Å². The fraction of sp³-hybridized carbons (Fsp3) is 0.438. The average Bonchev–Trinajstić information content (AvgIpc) is 2.71. The SMILES string of the molecule is Cn1cc(C(O)Cc2cccc(Br)c2)c(C(C)(C)C)n1. The molecule has 0 aliphatic carbocycles. The van der Waals surface area contributed by atoms with Gasteiger partial charge in [-0.2, -0.15) is 5.10 Å². The molecule has 4 heteroatoms. The molecule has 1 unspecified atom stereocenters. The molecule has 1 N–H and O–H groups in total. The summed E-state index contributed by atoms with van der Waals surface area (Å²) in [6.07, 6.45) is 1.98. The third-order valence-electron chi connectivity index (χ3n) is 3.24. The zero-order chi connectivity index (χ0) is 14.9. The molecule has 0 aliphatic rings. The summed E-state index contributed by atoms with van der Waals surface area (Å²) in [6, 6.07) is 8.04. The monoisotopic (exact) mass is 336 g/mol. The zero-order valence-corrected chi connectivity index (χ0v) is 14.0. The number of benzene rings is 1. The molecule has 1 heterocycles. The molecule has 1 atom stereocenters. The Bertz CT molecular complexity index is 599. The number of hydrogen-bond acceptors (Lipinski definition) is 2. The van der Waals surface area contributed by atoms with Crippen LogP contribution in [0.15, 0.2) is 34.9 Å². The van der Waals surface area contributed by atoms with Gasteiger partial charge in [-0.25, -0.2) is 0 Å². The highest BCUT2D eigenvalue weighted by Crippen LogP contribution is 2.30. The third kappa shape index (κ3) is 3.49. The van der Waals surface area contributed by atoms with E-state index in [0.29, 0.717) is 6.42 Å². The minimum atomic E-state index is -0.535. The molecule has 20 heavy (non-hydrogen) atoms. The molecule has 2 rings (SSSR count). The van der Waals surface area contributed by atoms with E-state index in [1.165, 1.54) is 0 Å². The van der Waals surface area contributed by atoms with Crippen LogP contribution < -0.4 is 0 Å². The van der Waals surface area contributed by atoms with E-state index in [0.717, 1.165) is 21.3 Å². The van der Waals surface area contributed by atoms with Gasteiger partial charge in [0.2, 0.25) is 0 Å². The van der Waals surface area contributed by atoms with Gasteiger partial charge in [0.25, 0.3) is 0 Å². The summed E-state index contributed by atoms with van der Waals surface area (Å²) in [5.41, 5.74) is 2.91. The van der Waals surface area contributed by atoms with E-state index in [-0.39, 0.29) is 5.41 Å². The molecule has 1 aromatic carbocycles. The summed E-state index contributed by atoms with van der Waals surface area (Å²) in [6.45, 7) is 6.35. The van der Waals surface area contributed by atoms with Gasteiger partial charge in [-0.1, -0.05) is 48.8 Å². The number of nitrogens with zero attached hydrogens (tertiary/aromatic N) is 2. The number of aliphatic hydroxyl groups excluding tert-OH is 1. The van der Waals surface area contributed by atoms with Crippen LogP contribution in [0.1, 0.15) is 43.7 Å². The number of aromatic nitrogens is 2. The number of hydrogen-bond donors (Lipinski definition) is 1. The van der Waals surface area contributed by atoms with Gasteiger partial charge in [-0.3, -0.25) is 4.68 Å². The van der Waals surface area contributed by atoms with Gasteiger partial charge in [0, 0.05) is 35.1 Å². The number of halogens is 1. The second kappa shape index (κ2) is 5.70. The Labute approximate surface area is 128 Å². The molecule has 1 aromatic heterocycles. The van der Waals surface area contributed by atoms with Crippen molar-refractivity contribution in [1.82, 2.24) is 9.78 Å². The van der Waals surface area contributed by atoms with E-state index in [9.17, 15) is 5.11 Å². The van der Waals surface area contributed by atoms with Gasteiger partial charge in [-0.05, 0) is 17.7 Å². The third-order valence-corrected chi connectivity index (χ3v) is 3.74. The quantitative estimate of drug-likeness (QED) is 0.926. The van der Waals surface area contributed by atoms with E-state index >= 15 is 0 Å². The van der Waals surface area contributed by atoms with E-state index in [4.69, 9.17) is 0 Å². The van der Waals surface area contributed by atoms with Gasteiger partial charge in [-0.15, -0.1) is 0 Å². The Morgan fingerprint density at radius 3 is 2.65 bits per heavy atom. The highest BCUT2D eigenvalue weighted by molar-refractivity contribution is 9.10. The lowest BCUT2D eigenvalue weighted by atomic mass is 9.87. The first-order valence-corrected chi connectivity index (χ1v) is 7.53. The zero-order valence-electron chi connectivity index (χ0n) is 12.4. The summed E-state index contributed by atoms with van der Waals surface area (Å²) in [5.74, 6) is 0. The minimum Gasteiger partial charge on any atom is -0.388 e. The van der Waals surface area contributed by atoms with Gasteiger partial charge >= 0.3 is 0 Å². The van der Waals surface area contributed by atoms with Crippen LogP contribution in [-0.2, 0) is 18.9 Å². The van der Waals surface area contributed by atoms with E-state index < -0.39 is 6.10 Å². The molecule has 0 spiro atoms. The molecule has 108 valence electrons. The van der Waals surface area contributed by atoms with Crippen LogP contribution in [0.3, 0.4) is 0 Å². The summed E-state index contributed by atoms with van der Waals surface area (Å²) in [5, 5.41) is 15.1. The lowest BCUT2D eigenvalue weighted by molar-refractivity contribution is 0.176. The predicted molar refractivity (Wildman–Crippen MR) is 84.7 cm³/mol. The van der Waals surface area contributed by atoms with Crippen LogP contribution in [0.4, 0.5) is 0 Å². The van der Waals surface area contributed by atoms with Crippen molar-refractivity contribution < 1.29 is 5.11 Å². The normalized spacial score (nSPS) is 13.5. The molecule has 0 radical (unpaired) electrons. The molecule has 0 saturated heterocycles. The Balaban J connectivity index is 2.28. The van der Waals surface area contributed by atoms with Crippen molar-refractivity contribution in [3.8, 4) is 0 Å². The van der Waals surface area contributed by atoms with E-state index in [1.807, 2.05) is 37.5 Å². The molecular weight excluding hydrogens is 316 g/mol. The van der Waals surface area contributed by atoms with Crippen molar-refractivity contribution in [3.63, 3.8) is 0 Å². The van der Waals surface area contributed by atoms with Gasteiger partial charge in [0.1, 0.15) is 0 Å². The Morgan fingerprint density at radius 1 is 1.35 bits per heavy atom. The molecule has 2 aromatic rings. The second-order valence-electron chi connectivity index (χ2n) is 6.21. The molecule has 0 bridgehead atoms. The standard InChI is InChI=1S/C16H21BrN2O/c1-16(2,3)15-13(10-19(4)18-15)14(20)9-11-6-5-7-12(17)8-11/h5-8,10,14,20H,9H2,1-4H3. The summed E-state index contributed by atoms with van der Waals surface area (Å²) in [7, 11) is 1.89. The summed E-state index contributed by atoms with van der Waals surface area (Å²) < 4.78 is 2.81. The first kappa shape index (κ1) is 15.3. The van der Waals surface area contributed by atoms with Crippen molar-refractivity contribution in [2.75, 3.05) is 0 Å². The smallest absolute Gasteiger partial charge is 0.0863 e. The van der Waals surface area contributed by atoms with Crippen LogP contribution in [-0.4, -0.2) is 14.9 Å². The van der Waals surface area contributed by atoms with Crippen molar-refractivity contribution in [3.05, 3.63) is 51.8 Å². The molecule has 0 aliphatic heterocycles. The summed E-state index contributed by atoms with van der Waals surface area (Å²) in [4.78, 5) is 0. The lowest BCUT2D eigenvalue weighted by Gasteiger charge is -2.20. The Morgan fingerprint density at radius 2 is 2.05 bits per heavy atom. The van der Waals surface area contributed by atoms with E-state index in [2.05, 4.69) is 41.8 Å².